The molecule has 6 nitrogen and oxygen atoms in total. The molecule has 0 fully saturated rings. The van der Waals surface area contributed by atoms with Crippen LogP contribution in [0.5, 0.6) is 0 Å². The van der Waals surface area contributed by atoms with Crippen molar-refractivity contribution in [3.05, 3.63) is 0 Å². The van der Waals surface area contributed by atoms with Gasteiger partial charge < -0.3 is 0 Å². The molecule has 0 saturated carbocycles. The molecule has 1 N–H and O–H groups in total. The number of rotatable bonds is 0. The summed E-state index contributed by atoms with van der Waals surface area (Å²) >= 11 is -8.05. The summed E-state index contributed by atoms with van der Waals surface area (Å²) in [7, 11) is 0. The van der Waals surface area contributed by atoms with E-state index in [-0.39, 0.29) is 67.3 Å². The zero-order valence-electron chi connectivity index (χ0n) is 3.31. The summed E-state index contributed by atoms with van der Waals surface area (Å²) < 4.78 is 51.9. The van der Waals surface area contributed by atoms with E-state index < -0.39 is 15.7 Å². The predicted octanol–water partition coefficient (Wildman–Crippen LogP) is -2.30. The maximum absolute atomic E-state index is 8.67. The van der Waals surface area contributed by atoms with Gasteiger partial charge in [0, 0.05) is 0 Å². The van der Waals surface area contributed by atoms with Crippen molar-refractivity contribution in [1.29, 1.82) is 0 Å². The van der Waals surface area contributed by atoms with Gasteiger partial charge in [0.25, 0.3) is 0 Å². The van der Waals surface area contributed by atoms with Gasteiger partial charge in [-0.2, -0.15) is 0 Å². The van der Waals surface area contributed by atoms with Crippen LogP contribution in [-0.4, -0.2) is 72.6 Å². The molecule has 0 bridgehead atoms. The van der Waals surface area contributed by atoms with E-state index in [0.29, 0.717) is 0 Å². The number of hydrogen-bond donors (Lipinski definition) is 1. The van der Waals surface area contributed by atoms with Crippen LogP contribution >= 0.6 is 0 Å². The Morgan fingerprint density at radius 3 is 0.900 bits per heavy atom. The fourth-order valence-electron chi connectivity index (χ4n) is 0. The molecule has 0 aromatic heterocycles. The first-order valence-electron chi connectivity index (χ1n) is 1.08. The van der Waals surface area contributed by atoms with Crippen molar-refractivity contribution in [3.63, 3.8) is 0 Å². The van der Waals surface area contributed by atoms with E-state index >= 15 is 0 Å². The Labute approximate surface area is 107 Å². The fourth-order valence-corrected chi connectivity index (χ4v) is 0. The second-order valence-electron chi connectivity index (χ2n) is 0.745. The van der Waals surface area contributed by atoms with Gasteiger partial charge in [0.2, 0.25) is 0 Å². The average molecular weight is 363 g/mol. The Hall–Kier alpha value is 1.89. The second kappa shape index (κ2) is 7.53. The molecule has 0 amide bonds. The van der Waals surface area contributed by atoms with Crippen LogP contribution in [0.3, 0.4) is 0 Å². The molecular weight excluding hydrogens is 359 g/mol. The molecule has 0 atom stereocenters. The van der Waals surface area contributed by atoms with Crippen LogP contribution in [0.15, 0.2) is 0 Å². The Morgan fingerprint density at radius 2 is 0.900 bits per heavy atom. The van der Waals surface area contributed by atoms with Gasteiger partial charge in [0.15, 0.2) is 0 Å². The summed E-state index contributed by atoms with van der Waals surface area (Å²) in [5, 5.41) is 5.50. The van der Waals surface area contributed by atoms with E-state index in [9.17, 15) is 0 Å². The van der Waals surface area contributed by atoms with Gasteiger partial charge in [0.1, 0.15) is 0 Å². The van der Waals surface area contributed by atoms with E-state index in [2.05, 4.69) is 0 Å². The minimum absolute atomic E-state index is 0. The average Bonchev–Trinajstić information content (AvgIpc) is 1.33. The Kier molecular flexibility index (Phi) is 17.1. The first-order valence-corrected chi connectivity index (χ1v) is 7.64. The van der Waals surface area contributed by atoms with Crippen LogP contribution in [0, 0.1) is 0 Å². The summed E-state index contributed by atoms with van der Waals surface area (Å²) in [6.45, 7) is 0. The molecule has 10 heteroatoms. The summed E-state index contributed by atoms with van der Waals surface area (Å²) in [4.78, 5) is 0. The van der Waals surface area contributed by atoms with Crippen molar-refractivity contribution < 1.29 is 41.8 Å². The molecular formula is H4CaFNaO6Ta. The standard InChI is InChI=1S/Ca.FHO.Na.5O.Ta.3H/c;1-2;;;;;;;;;;/h;2H;;;;;;;;;;. The zero-order valence-corrected chi connectivity index (χ0v) is 6.53. The monoisotopic (exact) mass is 363 g/mol. The minimum atomic E-state index is -8.05. The Morgan fingerprint density at radius 1 is 0.900 bits per heavy atom. The van der Waals surface area contributed by atoms with Crippen LogP contribution in [0.2, 0.25) is 0 Å². The SMILES string of the molecule is OF.[CaH2].[NaH].[O]=[Ta](=[O])(=[O])(=[O])=[O]. The number of hydrogen-bond acceptors (Lipinski definition) is 6. The van der Waals surface area contributed by atoms with Gasteiger partial charge in [-0.25, -0.2) is 5.31 Å². The third kappa shape index (κ3) is 219. The van der Waals surface area contributed by atoms with Gasteiger partial charge >= 0.3 is 99.2 Å². The molecule has 0 saturated heterocycles. The van der Waals surface area contributed by atoms with Crippen molar-refractivity contribution in [1.82, 2.24) is 0 Å². The normalized spacial score (nSPS) is 6.60. The van der Waals surface area contributed by atoms with Gasteiger partial charge in [-0.05, 0) is 0 Å². The van der Waals surface area contributed by atoms with Crippen LogP contribution in [0.25, 0.3) is 0 Å². The van der Waals surface area contributed by atoms with Crippen LogP contribution in [0.4, 0.5) is 4.53 Å². The Bertz CT molecular complexity index is 287. The van der Waals surface area contributed by atoms with Crippen molar-refractivity contribution in [2.75, 3.05) is 0 Å². The Balaban J connectivity index is -0.0000000412. The first kappa shape index (κ1) is 22.7. The van der Waals surface area contributed by atoms with Gasteiger partial charge in [-0.15, -0.1) is 0 Å². The van der Waals surface area contributed by atoms with Crippen LogP contribution in [-0.2, 0) is 31.9 Å². The van der Waals surface area contributed by atoms with Crippen LogP contribution in [0.1, 0.15) is 0 Å². The molecule has 0 aromatic carbocycles. The quantitative estimate of drug-likeness (QED) is 0.486. The maximum atomic E-state index is 8.67. The summed E-state index contributed by atoms with van der Waals surface area (Å²) in [5.74, 6) is 0. The van der Waals surface area contributed by atoms with Crippen molar-refractivity contribution in [2.45, 2.75) is 0 Å². The van der Waals surface area contributed by atoms with Crippen molar-refractivity contribution >= 4 is 67.3 Å². The number of halogens is 1. The molecule has 0 rings (SSSR count). The van der Waals surface area contributed by atoms with Gasteiger partial charge in [-0.3, -0.25) is 0 Å². The van der Waals surface area contributed by atoms with Crippen molar-refractivity contribution in [3.8, 4) is 0 Å². The third-order valence-corrected chi connectivity index (χ3v) is 0. The van der Waals surface area contributed by atoms with Gasteiger partial charge in [0.05, 0.1) is 0 Å². The molecule has 0 heterocycles. The molecule has 0 radical (unpaired) electrons. The molecule has 0 aliphatic carbocycles. The van der Waals surface area contributed by atoms with Gasteiger partial charge in [-0.1, -0.05) is 4.53 Å². The van der Waals surface area contributed by atoms with E-state index in [4.69, 9.17) is 26.1 Å². The predicted molar refractivity (Wildman–Crippen MR) is 22.5 cm³/mol. The molecule has 0 aromatic rings. The molecule has 0 unspecified atom stereocenters. The summed E-state index contributed by atoms with van der Waals surface area (Å²) in [6, 6.07) is 0. The zero-order chi connectivity index (χ0) is 7.45. The van der Waals surface area contributed by atoms with E-state index in [1.54, 1.807) is 0 Å². The van der Waals surface area contributed by atoms with E-state index in [1.807, 2.05) is 0 Å². The molecule has 10 heavy (non-hydrogen) atoms. The van der Waals surface area contributed by atoms with Crippen molar-refractivity contribution in [2.24, 2.45) is 0 Å². The van der Waals surface area contributed by atoms with E-state index in [0.717, 1.165) is 0 Å². The third-order valence-electron chi connectivity index (χ3n) is 0. The molecule has 0 aliphatic rings. The molecule has 0 spiro atoms. The second-order valence-corrected chi connectivity index (χ2v) is 6.10. The molecule has 55 valence electrons. The van der Waals surface area contributed by atoms with E-state index in [1.165, 1.54) is 0 Å². The first-order chi connectivity index (χ1) is 3.24. The molecule has 0 aliphatic heterocycles. The van der Waals surface area contributed by atoms with Crippen LogP contribution < -0.4 is 0 Å². The fraction of sp³-hybridized carbons (Fsp3) is 0. The topological polar surface area (TPSA) is 106 Å². The summed E-state index contributed by atoms with van der Waals surface area (Å²) in [5.41, 5.74) is 0. The summed E-state index contributed by atoms with van der Waals surface area (Å²) in [6.07, 6.45) is 0.